The molecule has 5 heteroatoms. The molecule has 0 unspecified atom stereocenters. The van der Waals surface area contributed by atoms with E-state index in [0.29, 0.717) is 5.92 Å². The van der Waals surface area contributed by atoms with Crippen LogP contribution in [0.25, 0.3) is 10.2 Å². The van der Waals surface area contributed by atoms with Crippen LogP contribution in [0.4, 0.5) is 0 Å². The van der Waals surface area contributed by atoms with Gasteiger partial charge in [-0.2, -0.15) is 0 Å². The van der Waals surface area contributed by atoms with Gasteiger partial charge in [0.05, 0.1) is 15.2 Å². The van der Waals surface area contributed by atoms with E-state index in [0.717, 1.165) is 42.0 Å². The number of benzene rings is 2. The molecule has 130 valence electrons. The number of hydrogen-bond donors (Lipinski definition) is 0. The average molecular weight is 417 g/mol. The highest BCUT2D eigenvalue weighted by molar-refractivity contribution is 9.10. The first-order valence-electron chi connectivity index (χ1n) is 8.74. The van der Waals surface area contributed by atoms with Crippen LogP contribution in [0.3, 0.4) is 0 Å². The number of ether oxygens (including phenoxy) is 1. The Kier molecular flexibility index (Phi) is 5.34. The lowest BCUT2D eigenvalue weighted by Gasteiger charge is -2.30. The van der Waals surface area contributed by atoms with Crippen LogP contribution < -0.4 is 4.74 Å². The Morgan fingerprint density at radius 2 is 1.84 bits per heavy atom. The van der Waals surface area contributed by atoms with Crippen molar-refractivity contribution < 1.29 is 4.74 Å². The number of fused-ring (bicyclic) bond motifs is 1. The molecule has 2 aromatic carbocycles. The smallest absolute Gasteiger partial charge is 0.119 e. The molecule has 0 N–H and O–H groups in total. The van der Waals surface area contributed by atoms with E-state index >= 15 is 0 Å². The minimum absolute atomic E-state index is 0.612. The largest absolute Gasteiger partial charge is 0.492 e. The van der Waals surface area contributed by atoms with Gasteiger partial charge in [0.1, 0.15) is 12.4 Å². The summed E-state index contributed by atoms with van der Waals surface area (Å²) < 4.78 is 8.23. The average Bonchev–Trinajstić information content (AvgIpc) is 3.08. The SMILES string of the molecule is Brc1ccc(OCCN2CCC(c3nc4ccccc4s3)CC2)cc1. The molecular weight excluding hydrogens is 396 g/mol. The maximum Gasteiger partial charge on any atom is 0.119 e. The molecular formula is C20H21BrN2OS. The summed E-state index contributed by atoms with van der Waals surface area (Å²) in [6, 6.07) is 16.5. The van der Waals surface area contributed by atoms with Gasteiger partial charge in [0.2, 0.25) is 0 Å². The maximum atomic E-state index is 5.84. The Labute approximate surface area is 160 Å². The fourth-order valence-electron chi connectivity index (χ4n) is 3.29. The molecule has 1 saturated heterocycles. The molecule has 0 radical (unpaired) electrons. The number of piperidine rings is 1. The van der Waals surface area contributed by atoms with Crippen LogP contribution >= 0.6 is 27.3 Å². The van der Waals surface area contributed by atoms with E-state index in [4.69, 9.17) is 9.72 Å². The molecule has 0 saturated carbocycles. The third-order valence-electron chi connectivity index (χ3n) is 4.74. The lowest BCUT2D eigenvalue weighted by atomic mass is 9.97. The van der Waals surface area contributed by atoms with Crippen LogP contribution in [-0.2, 0) is 0 Å². The van der Waals surface area contributed by atoms with E-state index in [1.165, 1.54) is 22.5 Å². The Morgan fingerprint density at radius 1 is 1.08 bits per heavy atom. The molecule has 0 amide bonds. The molecule has 4 rings (SSSR count). The highest BCUT2D eigenvalue weighted by Gasteiger charge is 2.23. The zero-order valence-electron chi connectivity index (χ0n) is 14.0. The van der Waals surface area contributed by atoms with Crippen molar-refractivity contribution in [3.63, 3.8) is 0 Å². The monoisotopic (exact) mass is 416 g/mol. The maximum absolute atomic E-state index is 5.84. The summed E-state index contributed by atoms with van der Waals surface area (Å²) in [6.07, 6.45) is 2.39. The predicted octanol–water partition coefficient (Wildman–Crippen LogP) is 5.32. The minimum Gasteiger partial charge on any atom is -0.492 e. The standard InChI is InChI=1S/C20H21BrN2OS/c21-16-5-7-17(8-6-16)24-14-13-23-11-9-15(10-12-23)20-22-18-3-1-2-4-19(18)25-20/h1-8,15H,9-14H2. The molecule has 1 aliphatic heterocycles. The summed E-state index contributed by atoms with van der Waals surface area (Å²) in [5.74, 6) is 1.55. The van der Waals surface area contributed by atoms with Crippen molar-refractivity contribution in [1.82, 2.24) is 9.88 Å². The zero-order chi connectivity index (χ0) is 17.1. The first-order valence-corrected chi connectivity index (χ1v) is 10.3. The predicted molar refractivity (Wildman–Crippen MR) is 108 cm³/mol. The fourth-order valence-corrected chi connectivity index (χ4v) is 4.69. The molecule has 0 spiro atoms. The number of rotatable bonds is 5. The second-order valence-corrected chi connectivity index (χ2v) is 8.42. The van der Waals surface area contributed by atoms with Gasteiger partial charge < -0.3 is 4.74 Å². The van der Waals surface area contributed by atoms with Crippen molar-refractivity contribution in [2.75, 3.05) is 26.2 Å². The first kappa shape index (κ1) is 17.0. The zero-order valence-corrected chi connectivity index (χ0v) is 16.4. The molecule has 0 bridgehead atoms. The van der Waals surface area contributed by atoms with Crippen LogP contribution in [0, 0.1) is 0 Å². The van der Waals surface area contributed by atoms with E-state index in [1.807, 2.05) is 35.6 Å². The highest BCUT2D eigenvalue weighted by atomic mass is 79.9. The molecule has 1 aromatic heterocycles. The molecule has 25 heavy (non-hydrogen) atoms. The van der Waals surface area contributed by atoms with Crippen molar-refractivity contribution in [1.29, 1.82) is 0 Å². The Bertz CT molecular complexity index is 792. The Hall–Kier alpha value is -1.43. The quantitative estimate of drug-likeness (QED) is 0.562. The lowest BCUT2D eigenvalue weighted by Crippen LogP contribution is -2.35. The number of halogens is 1. The van der Waals surface area contributed by atoms with Gasteiger partial charge in [-0.3, -0.25) is 4.90 Å². The van der Waals surface area contributed by atoms with Gasteiger partial charge in [0.25, 0.3) is 0 Å². The second-order valence-electron chi connectivity index (χ2n) is 6.44. The minimum atomic E-state index is 0.612. The van der Waals surface area contributed by atoms with Gasteiger partial charge in [0, 0.05) is 16.9 Å². The van der Waals surface area contributed by atoms with Crippen molar-refractivity contribution in [2.24, 2.45) is 0 Å². The third-order valence-corrected chi connectivity index (χ3v) is 6.46. The molecule has 0 aliphatic carbocycles. The van der Waals surface area contributed by atoms with Gasteiger partial charge in [-0.25, -0.2) is 4.98 Å². The lowest BCUT2D eigenvalue weighted by molar-refractivity contribution is 0.173. The first-order chi connectivity index (χ1) is 12.3. The summed E-state index contributed by atoms with van der Waals surface area (Å²) in [6.45, 7) is 3.99. The van der Waals surface area contributed by atoms with Gasteiger partial charge in [-0.1, -0.05) is 28.1 Å². The molecule has 3 nitrogen and oxygen atoms in total. The number of thiazole rings is 1. The summed E-state index contributed by atoms with van der Waals surface area (Å²) in [4.78, 5) is 7.34. The van der Waals surface area contributed by atoms with Crippen LogP contribution in [-0.4, -0.2) is 36.1 Å². The van der Waals surface area contributed by atoms with E-state index in [2.05, 4.69) is 45.1 Å². The van der Waals surface area contributed by atoms with Gasteiger partial charge in [0.15, 0.2) is 0 Å². The summed E-state index contributed by atoms with van der Waals surface area (Å²) in [7, 11) is 0. The van der Waals surface area contributed by atoms with E-state index in [-0.39, 0.29) is 0 Å². The fraction of sp³-hybridized carbons (Fsp3) is 0.350. The number of para-hydroxylation sites is 1. The van der Waals surface area contributed by atoms with Crippen LogP contribution in [0.1, 0.15) is 23.8 Å². The normalized spacial score (nSPS) is 16.4. The topological polar surface area (TPSA) is 25.4 Å². The molecule has 3 aromatic rings. The summed E-state index contributed by atoms with van der Waals surface area (Å²) >= 11 is 5.31. The number of nitrogens with zero attached hydrogens (tertiary/aromatic N) is 2. The Balaban J connectivity index is 1.26. The van der Waals surface area contributed by atoms with E-state index in [9.17, 15) is 0 Å². The molecule has 2 heterocycles. The number of hydrogen-bond acceptors (Lipinski definition) is 4. The van der Waals surface area contributed by atoms with Gasteiger partial charge in [-0.05, 0) is 62.3 Å². The van der Waals surface area contributed by atoms with Crippen LogP contribution in [0.15, 0.2) is 53.0 Å². The van der Waals surface area contributed by atoms with Gasteiger partial charge in [-0.15, -0.1) is 11.3 Å². The second kappa shape index (κ2) is 7.85. The number of likely N-dealkylation sites (tertiary alicyclic amines) is 1. The summed E-state index contributed by atoms with van der Waals surface area (Å²) in [5.41, 5.74) is 1.15. The summed E-state index contributed by atoms with van der Waals surface area (Å²) in [5, 5.41) is 1.31. The van der Waals surface area contributed by atoms with Gasteiger partial charge >= 0.3 is 0 Å². The van der Waals surface area contributed by atoms with Crippen molar-refractivity contribution in [3.05, 3.63) is 58.0 Å². The molecule has 1 aliphatic rings. The van der Waals surface area contributed by atoms with E-state index in [1.54, 1.807) is 0 Å². The Morgan fingerprint density at radius 3 is 2.60 bits per heavy atom. The highest BCUT2D eigenvalue weighted by Crippen LogP contribution is 2.33. The number of aromatic nitrogens is 1. The molecule has 0 atom stereocenters. The van der Waals surface area contributed by atoms with Crippen LogP contribution in [0.5, 0.6) is 5.75 Å². The van der Waals surface area contributed by atoms with E-state index < -0.39 is 0 Å². The van der Waals surface area contributed by atoms with Crippen molar-refractivity contribution >= 4 is 37.5 Å². The third kappa shape index (κ3) is 4.22. The van der Waals surface area contributed by atoms with Crippen LogP contribution in [0.2, 0.25) is 0 Å². The van der Waals surface area contributed by atoms with Crippen molar-refractivity contribution in [3.8, 4) is 5.75 Å². The molecule has 1 fully saturated rings. The van der Waals surface area contributed by atoms with Crippen molar-refractivity contribution in [2.45, 2.75) is 18.8 Å².